The lowest BCUT2D eigenvalue weighted by Crippen LogP contribution is -2.44. The largest absolute Gasteiger partial charge is 0.443 e. The topological polar surface area (TPSA) is 68.7 Å². The van der Waals surface area contributed by atoms with Crippen LogP contribution < -0.4 is 4.90 Å². The molecule has 0 spiro atoms. The van der Waals surface area contributed by atoms with Crippen molar-refractivity contribution in [2.75, 3.05) is 4.90 Å². The van der Waals surface area contributed by atoms with E-state index in [1.807, 2.05) is 6.92 Å². The molecule has 0 aliphatic carbocycles. The molecule has 0 bridgehead atoms. The van der Waals surface area contributed by atoms with E-state index in [0.29, 0.717) is 5.33 Å². The summed E-state index contributed by atoms with van der Waals surface area (Å²) in [5.41, 5.74) is 0.366. The molecule has 0 unspecified atom stereocenters. The lowest BCUT2D eigenvalue weighted by Gasteiger charge is -2.28. The molecule has 1 heterocycles. The molecule has 6 nitrogen and oxygen atoms in total. The van der Waals surface area contributed by atoms with Gasteiger partial charge in [-0.05, 0) is 65.7 Å². The van der Waals surface area contributed by atoms with Gasteiger partial charge in [-0.3, -0.25) is 0 Å². The van der Waals surface area contributed by atoms with Crippen LogP contribution >= 0.6 is 15.9 Å². The minimum Gasteiger partial charge on any atom is -0.443 e. The quantitative estimate of drug-likeness (QED) is 0.655. The van der Waals surface area contributed by atoms with E-state index in [1.165, 1.54) is 0 Å². The number of pyridine rings is 1. The number of anilines is 1. The van der Waals surface area contributed by atoms with E-state index >= 15 is 0 Å². The second-order valence-corrected chi connectivity index (χ2v) is 7.96. The van der Waals surface area contributed by atoms with Crippen LogP contribution in [0.15, 0.2) is 12.3 Å². The van der Waals surface area contributed by atoms with Gasteiger partial charge in [-0.1, -0.05) is 15.9 Å². The predicted molar refractivity (Wildman–Crippen MR) is 96.6 cm³/mol. The maximum Gasteiger partial charge on any atom is 0.425 e. The van der Waals surface area contributed by atoms with Crippen molar-refractivity contribution >= 4 is 33.9 Å². The average Bonchev–Trinajstić information content (AvgIpc) is 2.34. The fraction of sp³-hybridized carbons (Fsp3) is 0.588. The van der Waals surface area contributed by atoms with Crippen LogP contribution in [0.4, 0.5) is 15.4 Å². The zero-order chi connectivity index (χ0) is 18.7. The number of carbonyl (C=O) groups excluding carboxylic acids is 2. The molecule has 0 atom stereocenters. The number of amides is 2. The Morgan fingerprint density at radius 1 is 1.08 bits per heavy atom. The summed E-state index contributed by atoms with van der Waals surface area (Å²) in [5, 5.41) is 0.630. The number of ether oxygens (including phenoxy) is 2. The van der Waals surface area contributed by atoms with E-state index in [0.717, 1.165) is 16.0 Å². The number of halogens is 1. The van der Waals surface area contributed by atoms with Gasteiger partial charge in [0.2, 0.25) is 0 Å². The second kappa shape index (κ2) is 7.51. The second-order valence-electron chi connectivity index (χ2n) is 7.40. The monoisotopic (exact) mass is 400 g/mol. The third-order valence-corrected chi connectivity index (χ3v) is 3.33. The maximum absolute atomic E-state index is 12.5. The molecule has 0 saturated heterocycles. The highest BCUT2D eigenvalue weighted by molar-refractivity contribution is 9.08. The van der Waals surface area contributed by atoms with Crippen LogP contribution in [-0.4, -0.2) is 28.4 Å². The van der Waals surface area contributed by atoms with Crippen LogP contribution in [0, 0.1) is 6.92 Å². The summed E-state index contributed by atoms with van der Waals surface area (Å²) in [5.74, 6) is 0.167. The van der Waals surface area contributed by atoms with Crippen molar-refractivity contribution < 1.29 is 19.1 Å². The molecule has 134 valence electrons. The van der Waals surface area contributed by atoms with Crippen LogP contribution in [0.25, 0.3) is 0 Å². The molecule has 0 N–H and O–H groups in total. The minimum atomic E-state index is -0.824. The van der Waals surface area contributed by atoms with Crippen molar-refractivity contribution in [1.82, 2.24) is 4.98 Å². The van der Waals surface area contributed by atoms with Crippen LogP contribution in [0.3, 0.4) is 0 Å². The third-order valence-electron chi connectivity index (χ3n) is 2.73. The summed E-state index contributed by atoms with van der Waals surface area (Å²) < 4.78 is 10.6. The van der Waals surface area contributed by atoms with E-state index in [1.54, 1.807) is 53.8 Å². The van der Waals surface area contributed by atoms with Gasteiger partial charge in [-0.15, -0.1) is 0 Å². The molecular formula is C17H25BrN2O4. The number of alkyl halides is 1. The van der Waals surface area contributed by atoms with Crippen LogP contribution in [0.1, 0.15) is 52.7 Å². The zero-order valence-electron chi connectivity index (χ0n) is 15.3. The van der Waals surface area contributed by atoms with Crippen molar-refractivity contribution in [1.29, 1.82) is 0 Å². The molecule has 0 aromatic carbocycles. The highest BCUT2D eigenvalue weighted by atomic mass is 79.9. The number of aryl methyl sites for hydroxylation is 1. The smallest absolute Gasteiger partial charge is 0.425 e. The number of imide groups is 1. The number of hydrogen-bond acceptors (Lipinski definition) is 5. The summed E-state index contributed by atoms with van der Waals surface area (Å²) in [4.78, 5) is 30.0. The molecule has 0 aliphatic rings. The molecule has 1 aromatic heterocycles. The summed E-state index contributed by atoms with van der Waals surface area (Å²) in [6, 6.07) is 1.66. The van der Waals surface area contributed by atoms with Gasteiger partial charge in [0.05, 0.1) is 0 Å². The Labute approximate surface area is 151 Å². The van der Waals surface area contributed by atoms with Crippen LogP contribution in [0.5, 0.6) is 0 Å². The summed E-state index contributed by atoms with van der Waals surface area (Å²) in [6.45, 7) is 12.2. The van der Waals surface area contributed by atoms with E-state index < -0.39 is 23.4 Å². The fourth-order valence-corrected chi connectivity index (χ4v) is 2.30. The highest BCUT2D eigenvalue weighted by Gasteiger charge is 2.33. The Balaban J connectivity index is 3.25. The maximum atomic E-state index is 12.5. The number of rotatable bonds is 2. The molecule has 0 saturated carbocycles. The summed E-state index contributed by atoms with van der Waals surface area (Å²) in [7, 11) is 0. The standard InChI is InChI=1S/C17H25BrN2O4/c1-11-8-13(19-10-12(11)9-18)20(14(21)23-16(2,3)4)15(22)24-17(5,6)7/h8,10H,9H2,1-7H3. The molecule has 2 amide bonds. The predicted octanol–water partition coefficient (Wildman–Crippen LogP) is 4.96. The Morgan fingerprint density at radius 3 is 1.88 bits per heavy atom. The Kier molecular flexibility index (Phi) is 6.38. The van der Waals surface area contributed by atoms with Gasteiger partial charge < -0.3 is 9.47 Å². The van der Waals surface area contributed by atoms with Gasteiger partial charge >= 0.3 is 12.2 Å². The first-order chi connectivity index (χ1) is 10.8. The SMILES string of the molecule is Cc1cc(N(C(=O)OC(C)(C)C)C(=O)OC(C)(C)C)ncc1CBr. The summed E-state index contributed by atoms with van der Waals surface area (Å²) >= 11 is 3.37. The normalized spacial score (nSPS) is 11.8. The Hall–Kier alpha value is -1.63. The van der Waals surface area contributed by atoms with E-state index in [2.05, 4.69) is 20.9 Å². The number of nitrogens with zero attached hydrogens (tertiary/aromatic N) is 2. The van der Waals surface area contributed by atoms with Crippen LogP contribution in [0.2, 0.25) is 0 Å². The molecule has 1 rings (SSSR count). The van der Waals surface area contributed by atoms with Gasteiger partial charge in [0.1, 0.15) is 17.0 Å². The lowest BCUT2D eigenvalue weighted by atomic mass is 10.2. The third kappa shape index (κ3) is 6.11. The zero-order valence-corrected chi connectivity index (χ0v) is 16.9. The van der Waals surface area contributed by atoms with Gasteiger partial charge in [-0.25, -0.2) is 14.6 Å². The molecule has 1 aromatic rings. The van der Waals surface area contributed by atoms with Crippen molar-refractivity contribution in [2.24, 2.45) is 0 Å². The Bertz CT molecular complexity index is 590. The molecule has 0 fully saturated rings. The molecule has 0 radical (unpaired) electrons. The molecule has 0 aliphatic heterocycles. The van der Waals surface area contributed by atoms with E-state index in [4.69, 9.17) is 9.47 Å². The number of aromatic nitrogens is 1. The molecular weight excluding hydrogens is 376 g/mol. The summed E-state index contributed by atoms with van der Waals surface area (Å²) in [6.07, 6.45) is -0.0354. The van der Waals surface area contributed by atoms with Crippen molar-refractivity contribution in [3.05, 3.63) is 23.4 Å². The number of hydrogen-bond donors (Lipinski definition) is 0. The first kappa shape index (κ1) is 20.4. The van der Waals surface area contributed by atoms with Gasteiger partial charge in [0.15, 0.2) is 0 Å². The first-order valence-corrected chi connectivity index (χ1v) is 8.74. The van der Waals surface area contributed by atoms with E-state index in [-0.39, 0.29) is 5.82 Å². The average molecular weight is 401 g/mol. The first-order valence-electron chi connectivity index (χ1n) is 7.61. The molecule has 7 heteroatoms. The highest BCUT2D eigenvalue weighted by Crippen LogP contribution is 2.22. The van der Waals surface area contributed by atoms with Crippen molar-refractivity contribution in [3.8, 4) is 0 Å². The van der Waals surface area contributed by atoms with Gasteiger partial charge in [0.25, 0.3) is 0 Å². The minimum absolute atomic E-state index is 0.167. The van der Waals surface area contributed by atoms with Crippen molar-refractivity contribution in [3.63, 3.8) is 0 Å². The molecule has 24 heavy (non-hydrogen) atoms. The van der Waals surface area contributed by atoms with Crippen LogP contribution in [-0.2, 0) is 14.8 Å². The van der Waals surface area contributed by atoms with Gasteiger partial charge in [0, 0.05) is 11.5 Å². The Morgan fingerprint density at radius 2 is 1.54 bits per heavy atom. The number of carbonyl (C=O) groups is 2. The lowest BCUT2D eigenvalue weighted by molar-refractivity contribution is 0.0429. The fourth-order valence-electron chi connectivity index (χ4n) is 1.71. The van der Waals surface area contributed by atoms with E-state index in [9.17, 15) is 9.59 Å². The van der Waals surface area contributed by atoms with Crippen molar-refractivity contribution in [2.45, 2.75) is 65.0 Å². The van der Waals surface area contributed by atoms with Gasteiger partial charge in [-0.2, -0.15) is 4.90 Å².